The second-order valence-electron chi connectivity index (χ2n) is 12.7. The number of H-pyrrole nitrogens is 1. The lowest BCUT2D eigenvalue weighted by Gasteiger charge is -2.23. The molecule has 0 bridgehead atoms. The summed E-state index contributed by atoms with van der Waals surface area (Å²) in [6.45, 7) is 17.3. The monoisotopic (exact) mass is 726 g/mol. The summed E-state index contributed by atoms with van der Waals surface area (Å²) >= 11 is 0. The molecule has 2 aliphatic carbocycles. The molecule has 55 heavy (non-hydrogen) atoms. The van der Waals surface area contributed by atoms with E-state index in [1.165, 1.54) is 33.2 Å². The van der Waals surface area contributed by atoms with Crippen LogP contribution in [0.3, 0.4) is 0 Å². The average molecular weight is 727 g/mol. The molecule has 4 nitrogen and oxygen atoms in total. The normalized spacial score (nSPS) is 15.9. The minimum atomic E-state index is 0.619. The van der Waals surface area contributed by atoms with E-state index in [0.29, 0.717) is 6.54 Å². The number of nitrogen functional groups attached to an aromatic ring is 1. The molecule has 4 heteroatoms. The second kappa shape index (κ2) is 22.2. The van der Waals surface area contributed by atoms with Crippen molar-refractivity contribution >= 4 is 39.1 Å². The van der Waals surface area contributed by atoms with Gasteiger partial charge in [0.1, 0.15) is 0 Å². The van der Waals surface area contributed by atoms with Gasteiger partial charge in [-0.3, -0.25) is 0 Å². The summed E-state index contributed by atoms with van der Waals surface area (Å²) in [5, 5.41) is 2.42. The zero-order valence-corrected chi connectivity index (χ0v) is 33.1. The Morgan fingerprint density at radius 3 is 2.07 bits per heavy atom. The summed E-state index contributed by atoms with van der Waals surface area (Å²) in [6, 6.07) is 31.1. The first-order chi connectivity index (χ1) is 27.0. The third-order valence-corrected chi connectivity index (χ3v) is 9.24. The van der Waals surface area contributed by atoms with Crippen molar-refractivity contribution in [2.24, 2.45) is 5.73 Å². The van der Waals surface area contributed by atoms with E-state index in [-0.39, 0.29) is 0 Å². The molecule has 1 aromatic heterocycles. The zero-order chi connectivity index (χ0) is 39.4. The van der Waals surface area contributed by atoms with E-state index in [1.54, 1.807) is 0 Å². The molecule has 1 aliphatic heterocycles. The third kappa shape index (κ3) is 11.4. The van der Waals surface area contributed by atoms with Crippen molar-refractivity contribution in [1.82, 2.24) is 9.88 Å². The Balaban J connectivity index is 0.000000240. The fourth-order valence-corrected chi connectivity index (χ4v) is 6.35. The lowest BCUT2D eigenvalue weighted by molar-refractivity contribution is 0.584. The summed E-state index contributed by atoms with van der Waals surface area (Å²) < 4.78 is 0. The number of allylic oxidation sites excluding steroid dienone is 12. The van der Waals surface area contributed by atoms with Gasteiger partial charge in [-0.05, 0) is 95.5 Å². The standard InChI is InChI=1S/C29H27N3.C13H13N.C5H6.2C2H6/c1-20-7-5-6-17-32(23-12-10-22(19-30)11-13-23)18-16-25-24(21(20)2)14-15-28-29(25)26-8-3-4-9-27(26)31-28;14-13-9-5-4-8-12(13)10-11-6-2-1-3-7-11;1-2-4-5-3-1;2*1-2/h3-10,12,14-18,31H,1-2,11,13,19,30H2;1-9H,10,14H2;1-4H,5H2;2*1-2H3/b7-5-,17-6-,18-16-;;;;. The molecular formula is C51H58N4. The Morgan fingerprint density at radius 1 is 0.691 bits per heavy atom. The van der Waals surface area contributed by atoms with Crippen LogP contribution in [0.15, 0.2) is 188 Å². The summed E-state index contributed by atoms with van der Waals surface area (Å²) in [6.07, 6.45) is 29.2. The number of aromatic amines is 1. The number of para-hydroxylation sites is 2. The van der Waals surface area contributed by atoms with Crippen LogP contribution in [-0.2, 0) is 6.42 Å². The first-order valence-corrected chi connectivity index (χ1v) is 19.5. The van der Waals surface area contributed by atoms with Crippen molar-refractivity contribution in [2.45, 2.75) is 53.4 Å². The molecule has 5 N–H and O–H groups in total. The number of hydrogen-bond acceptors (Lipinski definition) is 3. The highest BCUT2D eigenvalue weighted by Gasteiger charge is 2.15. The Labute approximate surface area is 329 Å². The van der Waals surface area contributed by atoms with E-state index in [4.69, 9.17) is 11.5 Å². The SMILES string of the molecule is C1=CCC=C1.C=C1/C=C\C=C/N(C2=CC=C(CN)CC2)/C=C\c2c(ccc3[nH]c4ccccc4c23)C1=C.CC.CC.Nc1ccccc1Cc1ccccc1. The Hall–Kier alpha value is -6.10. The van der Waals surface area contributed by atoms with Gasteiger partial charge in [0, 0.05) is 52.1 Å². The molecule has 0 spiro atoms. The predicted molar refractivity (Wildman–Crippen MR) is 243 cm³/mol. The number of aromatic nitrogens is 1. The molecule has 0 saturated carbocycles. The number of nitrogens with two attached hydrogens (primary N) is 2. The maximum absolute atomic E-state index is 5.87. The van der Waals surface area contributed by atoms with Crippen molar-refractivity contribution in [3.63, 3.8) is 0 Å². The molecule has 3 aliphatic rings. The summed E-state index contributed by atoms with van der Waals surface area (Å²) in [4.78, 5) is 5.75. The lowest BCUT2D eigenvalue weighted by atomic mass is 9.92. The van der Waals surface area contributed by atoms with E-state index < -0.39 is 0 Å². The van der Waals surface area contributed by atoms with Crippen LogP contribution < -0.4 is 11.5 Å². The van der Waals surface area contributed by atoms with Gasteiger partial charge in [0.05, 0.1) is 0 Å². The van der Waals surface area contributed by atoms with Crippen molar-refractivity contribution in [2.75, 3.05) is 12.3 Å². The number of nitrogens with zero attached hydrogens (tertiary/aromatic N) is 1. The van der Waals surface area contributed by atoms with E-state index in [9.17, 15) is 0 Å². The quantitative estimate of drug-likeness (QED) is 0.162. The summed E-state index contributed by atoms with van der Waals surface area (Å²) in [5.74, 6) is 0. The fourth-order valence-electron chi connectivity index (χ4n) is 6.35. The minimum Gasteiger partial charge on any atom is -0.398 e. The van der Waals surface area contributed by atoms with Gasteiger partial charge in [0.15, 0.2) is 0 Å². The fraction of sp³-hybridized carbons (Fsp3) is 0.176. The van der Waals surface area contributed by atoms with E-state index in [0.717, 1.165) is 64.7 Å². The zero-order valence-electron chi connectivity index (χ0n) is 33.1. The Kier molecular flexibility index (Phi) is 16.8. The molecule has 8 rings (SSSR count). The first-order valence-electron chi connectivity index (χ1n) is 19.5. The molecular weight excluding hydrogens is 669 g/mol. The Bertz CT molecular complexity index is 2220. The summed E-state index contributed by atoms with van der Waals surface area (Å²) in [5.41, 5.74) is 23.9. The van der Waals surface area contributed by atoms with E-state index >= 15 is 0 Å². The number of nitrogens with one attached hydrogen (secondary N) is 1. The maximum Gasteiger partial charge on any atom is 0.0471 e. The van der Waals surface area contributed by atoms with Crippen molar-refractivity contribution in [3.8, 4) is 0 Å². The van der Waals surface area contributed by atoms with E-state index in [2.05, 4.69) is 145 Å². The first kappa shape index (κ1) is 41.7. The van der Waals surface area contributed by atoms with Crippen LogP contribution in [0, 0.1) is 0 Å². The van der Waals surface area contributed by atoms with Gasteiger partial charge in [-0.2, -0.15) is 0 Å². The van der Waals surface area contributed by atoms with Gasteiger partial charge in [-0.25, -0.2) is 0 Å². The topological polar surface area (TPSA) is 71.1 Å². The highest BCUT2D eigenvalue weighted by Crippen LogP contribution is 2.36. The molecule has 0 unspecified atom stereocenters. The van der Waals surface area contributed by atoms with Gasteiger partial charge >= 0.3 is 0 Å². The number of fused-ring (bicyclic) bond motifs is 5. The second-order valence-corrected chi connectivity index (χ2v) is 12.7. The highest BCUT2D eigenvalue weighted by atomic mass is 15.1. The molecule has 0 fully saturated rings. The van der Waals surface area contributed by atoms with Crippen molar-refractivity contribution < 1.29 is 0 Å². The molecule has 0 radical (unpaired) electrons. The Morgan fingerprint density at radius 2 is 1.40 bits per heavy atom. The smallest absolute Gasteiger partial charge is 0.0471 e. The van der Waals surface area contributed by atoms with Crippen molar-refractivity contribution in [1.29, 1.82) is 0 Å². The van der Waals surface area contributed by atoms with Crippen LogP contribution in [-0.4, -0.2) is 16.4 Å². The molecule has 0 saturated heterocycles. The molecule has 2 heterocycles. The van der Waals surface area contributed by atoms with Crippen LogP contribution >= 0.6 is 0 Å². The number of hydrogen-bond donors (Lipinski definition) is 3. The molecule has 0 amide bonds. The number of benzene rings is 4. The largest absolute Gasteiger partial charge is 0.398 e. The van der Waals surface area contributed by atoms with Crippen LogP contribution in [0.1, 0.15) is 69.2 Å². The van der Waals surface area contributed by atoms with Crippen LogP contribution in [0.5, 0.6) is 0 Å². The van der Waals surface area contributed by atoms with Gasteiger partial charge in [0.25, 0.3) is 0 Å². The lowest BCUT2D eigenvalue weighted by Crippen LogP contribution is -2.13. The van der Waals surface area contributed by atoms with E-state index in [1.807, 2.05) is 70.2 Å². The van der Waals surface area contributed by atoms with Crippen LogP contribution in [0.2, 0.25) is 0 Å². The molecule has 4 aromatic carbocycles. The van der Waals surface area contributed by atoms with Gasteiger partial charge in [0.2, 0.25) is 0 Å². The van der Waals surface area contributed by atoms with Crippen LogP contribution in [0.25, 0.3) is 33.5 Å². The third-order valence-electron chi connectivity index (χ3n) is 9.24. The maximum atomic E-state index is 5.87. The molecule has 5 aromatic rings. The average Bonchev–Trinajstić information content (AvgIpc) is 3.95. The number of rotatable bonds is 4. The van der Waals surface area contributed by atoms with Crippen molar-refractivity contribution in [3.05, 3.63) is 210 Å². The van der Waals surface area contributed by atoms with Gasteiger partial charge < -0.3 is 21.4 Å². The number of anilines is 1. The minimum absolute atomic E-state index is 0.619. The molecule has 0 atom stereocenters. The molecule has 282 valence electrons. The van der Waals surface area contributed by atoms with Crippen LogP contribution in [0.4, 0.5) is 5.69 Å². The summed E-state index contributed by atoms with van der Waals surface area (Å²) in [7, 11) is 0. The predicted octanol–water partition coefficient (Wildman–Crippen LogP) is 13.2. The van der Waals surface area contributed by atoms with Gasteiger partial charge in [-0.15, -0.1) is 0 Å². The highest BCUT2D eigenvalue weighted by molar-refractivity contribution is 6.13. The van der Waals surface area contributed by atoms with Gasteiger partial charge in [-0.1, -0.05) is 162 Å².